The molecule has 0 bridgehead atoms. The van der Waals surface area contributed by atoms with Crippen molar-refractivity contribution in [2.45, 2.75) is 13.8 Å². The van der Waals surface area contributed by atoms with Gasteiger partial charge in [0.1, 0.15) is 5.82 Å². The van der Waals surface area contributed by atoms with Gasteiger partial charge in [0.25, 0.3) is 5.91 Å². The number of fused-ring (bicyclic) bond motifs is 1. The van der Waals surface area contributed by atoms with Crippen LogP contribution in [0.5, 0.6) is 0 Å². The Kier molecular flexibility index (Phi) is 6.16. The molecule has 1 aromatic heterocycles. The average molecular weight is 425 g/mol. The molecular formula is C23H25ClN4O2. The molecule has 0 aliphatic carbocycles. The molecule has 7 heteroatoms. The van der Waals surface area contributed by atoms with Gasteiger partial charge in [-0.25, -0.2) is 9.97 Å². The molecule has 4 rings (SSSR count). The van der Waals surface area contributed by atoms with Crippen LogP contribution in [0.3, 0.4) is 0 Å². The number of ether oxygens (including phenoxy) is 1. The summed E-state index contributed by atoms with van der Waals surface area (Å²) >= 11 is 6.42. The number of halogens is 1. The molecular weight excluding hydrogens is 400 g/mol. The van der Waals surface area contributed by atoms with E-state index in [0.29, 0.717) is 42.7 Å². The van der Waals surface area contributed by atoms with Crippen molar-refractivity contribution in [2.75, 3.05) is 44.3 Å². The molecule has 0 N–H and O–H groups in total. The van der Waals surface area contributed by atoms with Crippen molar-refractivity contribution < 1.29 is 9.53 Å². The van der Waals surface area contributed by atoms with E-state index in [9.17, 15) is 4.79 Å². The van der Waals surface area contributed by atoms with Crippen LogP contribution in [0.25, 0.3) is 22.3 Å². The number of rotatable bonds is 5. The molecule has 0 atom stereocenters. The van der Waals surface area contributed by atoms with Gasteiger partial charge in [-0.15, -0.1) is 0 Å². The van der Waals surface area contributed by atoms with Crippen LogP contribution in [-0.4, -0.2) is 60.2 Å². The molecule has 1 saturated heterocycles. The van der Waals surface area contributed by atoms with Gasteiger partial charge < -0.3 is 14.5 Å². The molecule has 6 nitrogen and oxygen atoms in total. The second-order valence-corrected chi connectivity index (χ2v) is 7.57. The first-order valence-corrected chi connectivity index (χ1v) is 10.7. The second kappa shape index (κ2) is 8.98. The van der Waals surface area contributed by atoms with Crippen LogP contribution < -0.4 is 4.90 Å². The van der Waals surface area contributed by atoms with Crippen molar-refractivity contribution in [1.82, 2.24) is 14.9 Å². The van der Waals surface area contributed by atoms with Crippen molar-refractivity contribution in [3.63, 3.8) is 0 Å². The molecule has 0 saturated carbocycles. The Balaban J connectivity index is 1.87. The van der Waals surface area contributed by atoms with Crippen molar-refractivity contribution in [2.24, 2.45) is 0 Å². The quantitative estimate of drug-likeness (QED) is 0.612. The monoisotopic (exact) mass is 424 g/mol. The van der Waals surface area contributed by atoms with Crippen LogP contribution >= 0.6 is 11.6 Å². The largest absolute Gasteiger partial charge is 0.378 e. The lowest BCUT2D eigenvalue weighted by molar-refractivity contribution is 0.0773. The number of morpholine rings is 1. The number of amides is 1. The maximum atomic E-state index is 12.9. The zero-order chi connectivity index (χ0) is 21.1. The molecule has 0 radical (unpaired) electrons. The zero-order valence-electron chi connectivity index (χ0n) is 17.3. The van der Waals surface area contributed by atoms with Crippen LogP contribution in [-0.2, 0) is 4.74 Å². The van der Waals surface area contributed by atoms with E-state index in [1.807, 2.05) is 61.2 Å². The number of hydrogen-bond acceptors (Lipinski definition) is 5. The minimum atomic E-state index is 0.0185. The summed E-state index contributed by atoms with van der Waals surface area (Å²) in [4.78, 5) is 26.6. The third kappa shape index (κ3) is 3.98. The van der Waals surface area contributed by atoms with Gasteiger partial charge in [-0.2, -0.15) is 0 Å². The van der Waals surface area contributed by atoms with Crippen molar-refractivity contribution in [3.05, 3.63) is 53.1 Å². The third-order valence-electron chi connectivity index (χ3n) is 5.40. The smallest absolute Gasteiger partial charge is 0.253 e. The molecule has 156 valence electrons. The highest BCUT2D eigenvalue weighted by molar-refractivity contribution is 6.33. The summed E-state index contributed by atoms with van der Waals surface area (Å²) in [6.45, 7) is 8.08. The first kappa shape index (κ1) is 20.6. The summed E-state index contributed by atoms with van der Waals surface area (Å²) in [5, 5.41) is 1.48. The molecule has 1 fully saturated rings. The van der Waals surface area contributed by atoms with Gasteiger partial charge in [-0.1, -0.05) is 23.7 Å². The number of anilines is 1. The van der Waals surface area contributed by atoms with Crippen molar-refractivity contribution >= 4 is 34.2 Å². The zero-order valence-corrected chi connectivity index (χ0v) is 18.0. The fourth-order valence-corrected chi connectivity index (χ4v) is 3.94. The Morgan fingerprint density at radius 1 is 1.10 bits per heavy atom. The molecule has 1 aliphatic heterocycles. The van der Waals surface area contributed by atoms with E-state index in [1.165, 1.54) is 0 Å². The van der Waals surface area contributed by atoms with Gasteiger partial charge >= 0.3 is 0 Å². The Labute approximate surface area is 181 Å². The fraction of sp³-hybridized carbons (Fsp3) is 0.348. The summed E-state index contributed by atoms with van der Waals surface area (Å²) in [5.41, 5.74) is 2.23. The first-order valence-electron chi connectivity index (χ1n) is 10.3. The van der Waals surface area contributed by atoms with Gasteiger partial charge in [0.2, 0.25) is 0 Å². The second-order valence-electron chi connectivity index (χ2n) is 7.16. The normalized spacial score (nSPS) is 14.2. The molecule has 2 heterocycles. The predicted molar refractivity (Wildman–Crippen MR) is 120 cm³/mol. The van der Waals surface area contributed by atoms with E-state index in [-0.39, 0.29) is 5.91 Å². The first-order chi connectivity index (χ1) is 14.6. The summed E-state index contributed by atoms with van der Waals surface area (Å²) in [6, 6.07) is 13.2. The minimum Gasteiger partial charge on any atom is -0.378 e. The van der Waals surface area contributed by atoms with Crippen LogP contribution in [0, 0.1) is 0 Å². The maximum Gasteiger partial charge on any atom is 0.253 e. The summed E-state index contributed by atoms with van der Waals surface area (Å²) in [6.07, 6.45) is 0. The molecule has 1 amide bonds. The van der Waals surface area contributed by atoms with E-state index >= 15 is 0 Å². The van der Waals surface area contributed by atoms with Gasteiger partial charge in [-0.05, 0) is 44.2 Å². The summed E-state index contributed by atoms with van der Waals surface area (Å²) in [7, 11) is 0. The van der Waals surface area contributed by atoms with Gasteiger partial charge in [0.15, 0.2) is 5.82 Å². The predicted octanol–water partition coefficient (Wildman–Crippen LogP) is 4.27. The molecule has 0 unspecified atom stereocenters. The highest BCUT2D eigenvalue weighted by atomic mass is 35.5. The minimum absolute atomic E-state index is 0.0185. The highest BCUT2D eigenvalue weighted by Gasteiger charge is 2.21. The lowest BCUT2D eigenvalue weighted by atomic mass is 10.1. The van der Waals surface area contributed by atoms with Crippen LogP contribution in [0.15, 0.2) is 42.5 Å². The number of carbonyl (C=O) groups excluding carboxylic acids is 1. The van der Waals surface area contributed by atoms with E-state index in [0.717, 1.165) is 35.4 Å². The van der Waals surface area contributed by atoms with Gasteiger partial charge in [0, 0.05) is 42.7 Å². The lowest BCUT2D eigenvalue weighted by Crippen LogP contribution is -2.37. The van der Waals surface area contributed by atoms with Crippen molar-refractivity contribution in [1.29, 1.82) is 0 Å². The van der Waals surface area contributed by atoms with Crippen LogP contribution in [0.4, 0.5) is 5.82 Å². The van der Waals surface area contributed by atoms with E-state index in [2.05, 4.69) is 4.90 Å². The van der Waals surface area contributed by atoms with Crippen LogP contribution in [0.1, 0.15) is 24.2 Å². The molecule has 0 spiro atoms. The Bertz CT molecular complexity index is 1060. The van der Waals surface area contributed by atoms with E-state index < -0.39 is 0 Å². The topological polar surface area (TPSA) is 58.6 Å². The van der Waals surface area contributed by atoms with E-state index in [1.54, 1.807) is 0 Å². The van der Waals surface area contributed by atoms with Crippen LogP contribution in [0.2, 0.25) is 5.02 Å². The third-order valence-corrected chi connectivity index (χ3v) is 5.73. The Morgan fingerprint density at radius 2 is 1.83 bits per heavy atom. The molecule has 3 aromatic rings. The maximum absolute atomic E-state index is 12.9. The van der Waals surface area contributed by atoms with Crippen molar-refractivity contribution in [3.8, 4) is 11.4 Å². The SMILES string of the molecule is CCN(CC)C(=O)c1ccc2nc(-c3ccccc3Cl)nc(N3CCOCC3)c2c1. The van der Waals surface area contributed by atoms with Gasteiger partial charge in [-0.3, -0.25) is 4.79 Å². The van der Waals surface area contributed by atoms with Gasteiger partial charge in [0.05, 0.1) is 23.8 Å². The fourth-order valence-electron chi connectivity index (χ4n) is 3.72. The Morgan fingerprint density at radius 3 is 2.53 bits per heavy atom. The van der Waals surface area contributed by atoms with E-state index in [4.69, 9.17) is 26.3 Å². The number of aromatic nitrogens is 2. The number of hydrogen-bond donors (Lipinski definition) is 0. The number of benzene rings is 2. The standard InChI is InChI=1S/C23H25ClN4O2/c1-3-27(4-2)23(29)16-9-10-20-18(15-16)22(28-11-13-30-14-12-28)26-21(25-20)17-7-5-6-8-19(17)24/h5-10,15H,3-4,11-14H2,1-2H3. The summed E-state index contributed by atoms with van der Waals surface area (Å²) < 4.78 is 5.52. The average Bonchev–Trinajstić information content (AvgIpc) is 2.79. The number of nitrogens with zero attached hydrogens (tertiary/aromatic N) is 4. The molecule has 2 aromatic carbocycles. The lowest BCUT2D eigenvalue weighted by Gasteiger charge is -2.29. The number of carbonyl (C=O) groups is 1. The summed E-state index contributed by atoms with van der Waals surface area (Å²) in [5.74, 6) is 1.41. The Hall–Kier alpha value is -2.70. The highest BCUT2D eigenvalue weighted by Crippen LogP contribution is 2.32. The molecule has 30 heavy (non-hydrogen) atoms. The molecule has 1 aliphatic rings.